The van der Waals surface area contributed by atoms with E-state index < -0.39 is 0 Å². The molecular formula is C15H23N3O2. The number of ether oxygens (including phenoxy) is 1. The summed E-state index contributed by atoms with van der Waals surface area (Å²) in [5.41, 5.74) is 7.94. The number of amides is 1. The Morgan fingerprint density at radius 1 is 1.20 bits per heavy atom. The van der Waals surface area contributed by atoms with Gasteiger partial charge < -0.3 is 20.3 Å². The van der Waals surface area contributed by atoms with Crippen LogP contribution in [0.15, 0.2) is 24.3 Å². The summed E-state index contributed by atoms with van der Waals surface area (Å²) in [4.78, 5) is 16.1. The molecule has 2 rings (SSSR count). The standard InChI is InChI=1S/C15H23N3O2/c1-20-11-6-15(19)18-9-7-17(8-10-18)14-4-2-13(12-16)3-5-14/h2-5H,6-12,16H2,1H3. The number of rotatable bonds is 5. The number of nitrogens with zero attached hydrogens (tertiary/aromatic N) is 2. The van der Waals surface area contributed by atoms with Gasteiger partial charge in [-0.3, -0.25) is 4.79 Å². The minimum atomic E-state index is 0.185. The lowest BCUT2D eigenvalue weighted by Crippen LogP contribution is -2.49. The Hall–Kier alpha value is -1.59. The smallest absolute Gasteiger partial charge is 0.225 e. The maximum absolute atomic E-state index is 11.9. The van der Waals surface area contributed by atoms with Gasteiger partial charge in [0.15, 0.2) is 0 Å². The minimum Gasteiger partial charge on any atom is -0.384 e. The summed E-state index contributed by atoms with van der Waals surface area (Å²) in [7, 11) is 1.62. The van der Waals surface area contributed by atoms with Gasteiger partial charge in [0.05, 0.1) is 13.0 Å². The third-order valence-corrected chi connectivity index (χ3v) is 3.69. The second kappa shape index (κ2) is 7.26. The lowest BCUT2D eigenvalue weighted by atomic mass is 10.2. The van der Waals surface area contributed by atoms with Crippen LogP contribution in [0.25, 0.3) is 0 Å². The Balaban J connectivity index is 1.85. The molecule has 0 radical (unpaired) electrons. The predicted molar refractivity (Wildman–Crippen MR) is 79.6 cm³/mol. The molecule has 0 spiro atoms. The molecule has 1 heterocycles. The van der Waals surface area contributed by atoms with Crippen molar-refractivity contribution in [3.63, 3.8) is 0 Å². The monoisotopic (exact) mass is 277 g/mol. The maximum Gasteiger partial charge on any atom is 0.225 e. The number of hydrogen-bond donors (Lipinski definition) is 1. The fraction of sp³-hybridized carbons (Fsp3) is 0.533. The average molecular weight is 277 g/mol. The van der Waals surface area contributed by atoms with E-state index in [1.807, 2.05) is 4.90 Å². The highest BCUT2D eigenvalue weighted by atomic mass is 16.5. The third kappa shape index (κ3) is 3.71. The molecule has 0 unspecified atom stereocenters. The van der Waals surface area contributed by atoms with Crippen LogP contribution in [0.5, 0.6) is 0 Å². The van der Waals surface area contributed by atoms with E-state index in [4.69, 9.17) is 10.5 Å². The summed E-state index contributed by atoms with van der Waals surface area (Å²) in [5, 5.41) is 0. The fourth-order valence-corrected chi connectivity index (χ4v) is 2.40. The van der Waals surface area contributed by atoms with Crippen LogP contribution < -0.4 is 10.6 Å². The lowest BCUT2D eigenvalue weighted by molar-refractivity contribution is -0.132. The minimum absolute atomic E-state index is 0.185. The largest absolute Gasteiger partial charge is 0.384 e. The van der Waals surface area contributed by atoms with E-state index in [9.17, 15) is 4.79 Å². The molecule has 5 heteroatoms. The fourth-order valence-electron chi connectivity index (χ4n) is 2.40. The van der Waals surface area contributed by atoms with Crippen molar-refractivity contribution in [1.29, 1.82) is 0 Å². The van der Waals surface area contributed by atoms with Gasteiger partial charge in [-0.25, -0.2) is 0 Å². The van der Waals surface area contributed by atoms with Crippen molar-refractivity contribution in [1.82, 2.24) is 4.90 Å². The molecule has 1 fully saturated rings. The Morgan fingerprint density at radius 2 is 1.85 bits per heavy atom. The van der Waals surface area contributed by atoms with Crippen molar-refractivity contribution in [3.8, 4) is 0 Å². The normalized spacial score (nSPS) is 15.5. The molecule has 1 aromatic carbocycles. The molecular weight excluding hydrogens is 254 g/mol. The number of benzene rings is 1. The second-order valence-electron chi connectivity index (χ2n) is 4.98. The van der Waals surface area contributed by atoms with Gasteiger partial charge in [-0.1, -0.05) is 12.1 Å². The summed E-state index contributed by atoms with van der Waals surface area (Å²) < 4.78 is 4.95. The van der Waals surface area contributed by atoms with Crippen LogP contribution in [0.4, 0.5) is 5.69 Å². The van der Waals surface area contributed by atoms with Gasteiger partial charge >= 0.3 is 0 Å². The van der Waals surface area contributed by atoms with Crippen LogP contribution in [0.1, 0.15) is 12.0 Å². The molecule has 0 bridgehead atoms. The van der Waals surface area contributed by atoms with E-state index in [0.29, 0.717) is 19.6 Å². The number of anilines is 1. The molecule has 1 aliphatic rings. The SMILES string of the molecule is COCCC(=O)N1CCN(c2ccc(CN)cc2)CC1. The van der Waals surface area contributed by atoms with Gasteiger partial charge in [-0.15, -0.1) is 0 Å². The van der Waals surface area contributed by atoms with Gasteiger partial charge in [-0.2, -0.15) is 0 Å². The summed E-state index contributed by atoms with van der Waals surface area (Å²) in [6.45, 7) is 4.38. The third-order valence-electron chi connectivity index (χ3n) is 3.69. The van der Waals surface area contributed by atoms with Crippen molar-refractivity contribution < 1.29 is 9.53 Å². The Labute approximate surface area is 120 Å². The highest BCUT2D eigenvalue weighted by Gasteiger charge is 2.20. The number of carbonyl (C=O) groups excluding carboxylic acids is 1. The molecule has 110 valence electrons. The molecule has 0 aromatic heterocycles. The van der Waals surface area contributed by atoms with E-state index in [1.165, 1.54) is 5.69 Å². The van der Waals surface area contributed by atoms with Crippen LogP contribution in [0.2, 0.25) is 0 Å². The number of carbonyl (C=O) groups is 1. The number of methoxy groups -OCH3 is 1. The van der Waals surface area contributed by atoms with Crippen molar-refractivity contribution in [2.75, 3.05) is 44.8 Å². The zero-order valence-electron chi connectivity index (χ0n) is 12.0. The molecule has 0 saturated carbocycles. The Kier molecular flexibility index (Phi) is 5.38. The molecule has 5 nitrogen and oxygen atoms in total. The van der Waals surface area contributed by atoms with Crippen LogP contribution in [0.3, 0.4) is 0 Å². The summed E-state index contributed by atoms with van der Waals surface area (Å²) >= 11 is 0. The maximum atomic E-state index is 11.9. The summed E-state index contributed by atoms with van der Waals surface area (Å²) in [6, 6.07) is 8.33. The Bertz CT molecular complexity index is 425. The lowest BCUT2D eigenvalue weighted by Gasteiger charge is -2.36. The highest BCUT2D eigenvalue weighted by Crippen LogP contribution is 2.17. The van der Waals surface area contributed by atoms with Crippen LogP contribution in [0, 0.1) is 0 Å². The van der Waals surface area contributed by atoms with E-state index in [1.54, 1.807) is 7.11 Å². The molecule has 1 aromatic rings. The topological polar surface area (TPSA) is 58.8 Å². The number of nitrogens with two attached hydrogens (primary N) is 1. The summed E-state index contributed by atoms with van der Waals surface area (Å²) in [5.74, 6) is 0.185. The van der Waals surface area contributed by atoms with E-state index in [2.05, 4.69) is 29.2 Å². The average Bonchev–Trinajstić information content (AvgIpc) is 2.53. The zero-order valence-corrected chi connectivity index (χ0v) is 12.0. The summed E-state index contributed by atoms with van der Waals surface area (Å²) in [6.07, 6.45) is 0.474. The molecule has 0 aliphatic carbocycles. The van der Waals surface area contributed by atoms with Gasteiger partial charge in [0.25, 0.3) is 0 Å². The van der Waals surface area contributed by atoms with Crippen LogP contribution in [-0.2, 0) is 16.1 Å². The predicted octanol–water partition coefficient (Wildman–Crippen LogP) is 0.830. The van der Waals surface area contributed by atoms with Crippen LogP contribution >= 0.6 is 0 Å². The van der Waals surface area contributed by atoms with E-state index in [-0.39, 0.29) is 5.91 Å². The van der Waals surface area contributed by atoms with Crippen molar-refractivity contribution in [2.45, 2.75) is 13.0 Å². The number of piperazine rings is 1. The highest BCUT2D eigenvalue weighted by molar-refractivity contribution is 5.76. The van der Waals surface area contributed by atoms with Gasteiger partial charge in [-0.05, 0) is 17.7 Å². The molecule has 2 N–H and O–H groups in total. The first-order valence-corrected chi connectivity index (χ1v) is 7.05. The van der Waals surface area contributed by atoms with Crippen LogP contribution in [-0.4, -0.2) is 50.7 Å². The first-order valence-electron chi connectivity index (χ1n) is 7.05. The van der Waals surface area contributed by atoms with Gasteiger partial charge in [0.1, 0.15) is 0 Å². The molecule has 0 atom stereocenters. The first-order chi connectivity index (χ1) is 9.74. The van der Waals surface area contributed by atoms with Crippen molar-refractivity contribution in [2.24, 2.45) is 5.73 Å². The number of hydrogen-bond acceptors (Lipinski definition) is 4. The Morgan fingerprint density at radius 3 is 2.40 bits per heavy atom. The molecule has 20 heavy (non-hydrogen) atoms. The molecule has 1 saturated heterocycles. The second-order valence-corrected chi connectivity index (χ2v) is 4.98. The molecule has 1 aliphatic heterocycles. The molecule has 1 amide bonds. The van der Waals surface area contributed by atoms with E-state index in [0.717, 1.165) is 31.7 Å². The zero-order chi connectivity index (χ0) is 14.4. The first kappa shape index (κ1) is 14.8. The van der Waals surface area contributed by atoms with Crippen molar-refractivity contribution in [3.05, 3.63) is 29.8 Å². The quantitative estimate of drug-likeness (QED) is 0.866. The van der Waals surface area contributed by atoms with E-state index >= 15 is 0 Å². The van der Waals surface area contributed by atoms with Gasteiger partial charge in [0.2, 0.25) is 5.91 Å². The van der Waals surface area contributed by atoms with Crippen molar-refractivity contribution >= 4 is 11.6 Å². The van der Waals surface area contributed by atoms with Gasteiger partial charge in [0, 0.05) is 45.5 Å².